The van der Waals surface area contributed by atoms with E-state index in [2.05, 4.69) is 15.3 Å². The molecule has 3 rings (SSSR count). The second kappa shape index (κ2) is 7.94. The minimum absolute atomic E-state index is 0.0862. The number of pyridine rings is 1. The fraction of sp³-hybridized carbons (Fsp3) is 0.250. The number of benzene rings is 1. The third-order valence-corrected chi connectivity index (χ3v) is 4.54. The monoisotopic (exact) mass is 404 g/mol. The van der Waals surface area contributed by atoms with Crippen molar-refractivity contribution in [2.24, 2.45) is 0 Å². The maximum absolute atomic E-state index is 13.6. The summed E-state index contributed by atoms with van der Waals surface area (Å²) < 4.78 is 40.8. The van der Waals surface area contributed by atoms with E-state index in [-0.39, 0.29) is 12.1 Å². The van der Waals surface area contributed by atoms with E-state index in [0.717, 1.165) is 17.8 Å². The van der Waals surface area contributed by atoms with Gasteiger partial charge in [0.15, 0.2) is 5.54 Å². The molecule has 1 aromatic carbocycles. The Balaban J connectivity index is 1.66. The average molecular weight is 404 g/mol. The summed E-state index contributed by atoms with van der Waals surface area (Å²) in [5.74, 6) is -1.56. The van der Waals surface area contributed by atoms with Gasteiger partial charge in [0.05, 0.1) is 6.42 Å². The molecule has 1 unspecified atom stereocenters. The predicted molar refractivity (Wildman–Crippen MR) is 101 cm³/mol. The first-order valence-corrected chi connectivity index (χ1v) is 8.81. The lowest BCUT2D eigenvalue weighted by Crippen LogP contribution is -2.62. The van der Waals surface area contributed by atoms with Crippen molar-refractivity contribution in [3.05, 3.63) is 66.1 Å². The molecule has 2 aromatic heterocycles. The van der Waals surface area contributed by atoms with Crippen LogP contribution < -0.4 is 10.6 Å². The van der Waals surface area contributed by atoms with E-state index < -0.39 is 30.1 Å². The van der Waals surface area contributed by atoms with E-state index in [1.54, 1.807) is 24.4 Å². The number of hydrogen-bond donors (Lipinski definition) is 3. The van der Waals surface area contributed by atoms with Crippen molar-refractivity contribution in [2.45, 2.75) is 25.1 Å². The van der Waals surface area contributed by atoms with Crippen LogP contribution in [0.4, 0.5) is 13.2 Å². The maximum Gasteiger partial charge on any atom is 0.412 e. The van der Waals surface area contributed by atoms with Crippen LogP contribution in [0.15, 0.2) is 54.9 Å². The number of nitrogens with zero attached hydrogens (tertiary/aromatic N) is 1. The van der Waals surface area contributed by atoms with Crippen molar-refractivity contribution in [3.8, 4) is 0 Å². The molecule has 0 saturated heterocycles. The summed E-state index contributed by atoms with van der Waals surface area (Å²) >= 11 is 0. The Kier molecular flexibility index (Phi) is 5.58. The van der Waals surface area contributed by atoms with E-state index in [9.17, 15) is 22.8 Å². The number of nitrogens with one attached hydrogen (secondary N) is 3. The maximum atomic E-state index is 13.6. The van der Waals surface area contributed by atoms with Crippen LogP contribution in [0.1, 0.15) is 23.0 Å². The fourth-order valence-corrected chi connectivity index (χ4v) is 2.76. The van der Waals surface area contributed by atoms with Gasteiger partial charge in [-0.15, -0.1) is 0 Å². The van der Waals surface area contributed by atoms with Crippen LogP contribution in [-0.4, -0.2) is 40.0 Å². The van der Waals surface area contributed by atoms with Crippen molar-refractivity contribution < 1.29 is 22.8 Å². The summed E-state index contributed by atoms with van der Waals surface area (Å²) in [6.45, 7) is 0.0117. The van der Waals surface area contributed by atoms with Gasteiger partial charge in [-0.25, -0.2) is 0 Å². The Hall–Kier alpha value is -3.36. The Morgan fingerprint density at radius 2 is 1.93 bits per heavy atom. The summed E-state index contributed by atoms with van der Waals surface area (Å²) in [4.78, 5) is 31.1. The summed E-state index contributed by atoms with van der Waals surface area (Å²) in [7, 11) is 0. The topological polar surface area (TPSA) is 86.9 Å². The van der Waals surface area contributed by atoms with Gasteiger partial charge in [-0.1, -0.05) is 18.2 Å². The molecule has 2 amide bonds. The molecule has 29 heavy (non-hydrogen) atoms. The van der Waals surface area contributed by atoms with Crippen LogP contribution in [0.5, 0.6) is 0 Å². The van der Waals surface area contributed by atoms with E-state index in [1.807, 2.05) is 17.4 Å². The number of halogens is 3. The molecule has 1 atom stereocenters. The zero-order valence-electron chi connectivity index (χ0n) is 15.5. The summed E-state index contributed by atoms with van der Waals surface area (Å²) in [5.41, 5.74) is -1.31. The Morgan fingerprint density at radius 1 is 1.14 bits per heavy atom. The van der Waals surface area contributed by atoms with Gasteiger partial charge in [-0.05, 0) is 42.1 Å². The number of aromatic amines is 1. The summed E-state index contributed by atoms with van der Waals surface area (Å²) in [5, 5.41) is 5.18. The number of H-pyrrole nitrogens is 1. The van der Waals surface area contributed by atoms with Gasteiger partial charge in [0, 0.05) is 24.5 Å². The van der Waals surface area contributed by atoms with Crippen LogP contribution in [0.2, 0.25) is 0 Å². The lowest BCUT2D eigenvalue weighted by atomic mass is 10.0. The third kappa shape index (κ3) is 4.74. The van der Waals surface area contributed by atoms with Crippen LogP contribution in [0, 0.1) is 0 Å². The lowest BCUT2D eigenvalue weighted by molar-refractivity contribution is -0.187. The minimum atomic E-state index is -4.78. The van der Waals surface area contributed by atoms with Gasteiger partial charge in [0.1, 0.15) is 5.69 Å². The first-order chi connectivity index (χ1) is 13.7. The number of carbonyl (C=O) groups excluding carboxylic acids is 2. The zero-order valence-corrected chi connectivity index (χ0v) is 15.5. The molecule has 2 heterocycles. The highest BCUT2D eigenvalue weighted by Gasteiger charge is 2.52. The number of hydrogen-bond acceptors (Lipinski definition) is 3. The molecule has 0 spiro atoms. The second-order valence-corrected chi connectivity index (χ2v) is 6.85. The summed E-state index contributed by atoms with van der Waals surface area (Å²) in [6, 6.07) is 11.5. The standard InChI is InChI=1S/C20H19F3N4O2/c1-19(20(21,22)23,27-18(29)15-4-2-3-8-24-15)12-26-17(28)11-13-5-6-14-7-9-25-16(14)10-13/h2-10,25H,11-12H2,1H3,(H,26,28)(H,27,29). The van der Waals surface area contributed by atoms with E-state index >= 15 is 0 Å². The van der Waals surface area contributed by atoms with Crippen molar-refractivity contribution >= 4 is 22.7 Å². The molecular formula is C20H19F3N4O2. The molecular weight excluding hydrogens is 385 g/mol. The average Bonchev–Trinajstić information content (AvgIpc) is 3.14. The number of amides is 2. The second-order valence-electron chi connectivity index (χ2n) is 6.85. The first kappa shape index (κ1) is 20.4. The van der Waals surface area contributed by atoms with Crippen molar-refractivity contribution in [1.82, 2.24) is 20.6 Å². The minimum Gasteiger partial charge on any atom is -0.361 e. The van der Waals surface area contributed by atoms with E-state index in [4.69, 9.17) is 0 Å². The Bertz CT molecular complexity index is 1020. The quantitative estimate of drug-likeness (QED) is 0.590. The normalized spacial score (nSPS) is 13.7. The molecule has 3 N–H and O–H groups in total. The molecule has 0 aliphatic carbocycles. The number of alkyl halides is 3. The van der Waals surface area contributed by atoms with Crippen molar-refractivity contribution in [3.63, 3.8) is 0 Å². The van der Waals surface area contributed by atoms with Crippen LogP contribution in [-0.2, 0) is 11.2 Å². The van der Waals surface area contributed by atoms with Crippen LogP contribution in [0.3, 0.4) is 0 Å². The zero-order chi connectivity index (χ0) is 21.1. The Morgan fingerprint density at radius 3 is 2.62 bits per heavy atom. The van der Waals surface area contributed by atoms with Gasteiger partial charge in [0.2, 0.25) is 5.91 Å². The van der Waals surface area contributed by atoms with Gasteiger partial charge in [-0.3, -0.25) is 14.6 Å². The molecule has 6 nitrogen and oxygen atoms in total. The van der Waals surface area contributed by atoms with Crippen LogP contribution >= 0.6 is 0 Å². The lowest BCUT2D eigenvalue weighted by Gasteiger charge is -2.33. The highest BCUT2D eigenvalue weighted by Crippen LogP contribution is 2.30. The smallest absolute Gasteiger partial charge is 0.361 e. The van der Waals surface area contributed by atoms with Gasteiger partial charge in [0.25, 0.3) is 5.91 Å². The van der Waals surface area contributed by atoms with Gasteiger partial charge in [-0.2, -0.15) is 13.2 Å². The molecule has 0 aliphatic heterocycles. The molecule has 0 bridgehead atoms. The van der Waals surface area contributed by atoms with E-state index in [1.165, 1.54) is 18.3 Å². The Labute approximate surface area is 164 Å². The third-order valence-electron chi connectivity index (χ3n) is 4.54. The number of carbonyl (C=O) groups is 2. The number of rotatable bonds is 6. The highest BCUT2D eigenvalue weighted by atomic mass is 19.4. The summed E-state index contributed by atoms with van der Waals surface area (Å²) in [6.07, 6.45) is -1.80. The highest BCUT2D eigenvalue weighted by molar-refractivity contribution is 5.93. The largest absolute Gasteiger partial charge is 0.412 e. The SMILES string of the molecule is CC(CNC(=O)Cc1ccc2cc[nH]c2c1)(NC(=O)c1ccccn1)C(F)(F)F. The first-order valence-electron chi connectivity index (χ1n) is 8.81. The van der Waals surface area contributed by atoms with Gasteiger partial charge < -0.3 is 15.6 Å². The van der Waals surface area contributed by atoms with Crippen molar-refractivity contribution in [1.29, 1.82) is 0 Å². The molecule has 152 valence electrons. The molecule has 0 saturated carbocycles. The van der Waals surface area contributed by atoms with E-state index in [0.29, 0.717) is 5.56 Å². The number of aromatic nitrogens is 2. The predicted octanol–water partition coefficient (Wildman–Crippen LogP) is 2.97. The fourth-order valence-electron chi connectivity index (χ4n) is 2.76. The molecule has 9 heteroatoms. The molecule has 0 aliphatic rings. The molecule has 3 aromatic rings. The van der Waals surface area contributed by atoms with Crippen LogP contribution in [0.25, 0.3) is 10.9 Å². The van der Waals surface area contributed by atoms with Crippen molar-refractivity contribution in [2.75, 3.05) is 6.54 Å². The molecule has 0 fully saturated rings. The number of fused-ring (bicyclic) bond motifs is 1. The van der Waals surface area contributed by atoms with Gasteiger partial charge >= 0.3 is 6.18 Å². The molecule has 0 radical (unpaired) electrons.